The van der Waals surface area contributed by atoms with E-state index in [0.29, 0.717) is 6.42 Å². The van der Waals surface area contributed by atoms with Crippen LogP contribution in [0.4, 0.5) is 0 Å². The molecule has 3 nitrogen and oxygen atoms in total. The van der Waals surface area contributed by atoms with Crippen LogP contribution in [0.15, 0.2) is 54.6 Å². The zero-order valence-electron chi connectivity index (χ0n) is 11.7. The summed E-state index contributed by atoms with van der Waals surface area (Å²) in [6, 6.07) is 18.9. The van der Waals surface area contributed by atoms with Gasteiger partial charge in [0, 0.05) is 13.5 Å². The maximum Gasteiger partial charge on any atom is 0.234 e. The lowest BCUT2D eigenvalue weighted by molar-refractivity contribution is -0.122. The number of aryl methyl sites for hydroxylation is 1. The molecule has 0 saturated heterocycles. The smallest absolute Gasteiger partial charge is 0.234 e. The average Bonchev–Trinajstić information content (AvgIpc) is 2.49. The summed E-state index contributed by atoms with van der Waals surface area (Å²) in [5.41, 5.74) is 8.93. The Kier molecular flexibility index (Phi) is 5.33. The van der Waals surface area contributed by atoms with Crippen LogP contribution in [0.3, 0.4) is 0 Å². The maximum absolute atomic E-state index is 11.3. The number of hydrazine groups is 1. The predicted molar refractivity (Wildman–Crippen MR) is 82.0 cm³/mol. The van der Waals surface area contributed by atoms with Crippen LogP contribution in [0, 0.1) is 0 Å². The number of benzene rings is 2. The fourth-order valence-corrected chi connectivity index (χ4v) is 2.15. The normalized spacial score (nSPS) is 10.2. The molecule has 0 atom stereocenters. The van der Waals surface area contributed by atoms with Crippen LogP contribution in [0.1, 0.15) is 18.4 Å². The van der Waals surface area contributed by atoms with Gasteiger partial charge in [-0.3, -0.25) is 10.2 Å². The number of amides is 1. The molecule has 0 bridgehead atoms. The second-order valence-corrected chi connectivity index (χ2v) is 4.71. The lowest BCUT2D eigenvalue weighted by Crippen LogP contribution is -2.33. The summed E-state index contributed by atoms with van der Waals surface area (Å²) < 4.78 is 0. The third-order valence-corrected chi connectivity index (χ3v) is 3.19. The molecule has 0 saturated carbocycles. The van der Waals surface area contributed by atoms with Crippen LogP contribution in [0.5, 0.6) is 0 Å². The second kappa shape index (κ2) is 7.46. The molecule has 0 spiro atoms. The second-order valence-electron chi connectivity index (χ2n) is 4.71. The standard InChI is InChI=1S/C17H20N2O/c1-18-19-17(20)9-5-6-14-10-12-16(13-11-14)15-7-3-2-4-8-15/h2-4,7-8,10-13,18H,5-6,9H2,1H3,(H,19,20). The SMILES string of the molecule is CNNC(=O)CCCc1ccc(-c2ccccc2)cc1. The molecule has 0 fully saturated rings. The van der Waals surface area contributed by atoms with E-state index in [1.807, 2.05) is 18.2 Å². The van der Waals surface area contributed by atoms with Gasteiger partial charge in [0.1, 0.15) is 0 Å². The van der Waals surface area contributed by atoms with Gasteiger partial charge in [-0.2, -0.15) is 0 Å². The Balaban J connectivity index is 1.88. The highest BCUT2D eigenvalue weighted by Crippen LogP contribution is 2.19. The van der Waals surface area contributed by atoms with Crippen molar-refractivity contribution in [2.45, 2.75) is 19.3 Å². The number of carbonyl (C=O) groups is 1. The minimum atomic E-state index is 0.0356. The quantitative estimate of drug-likeness (QED) is 0.791. The first kappa shape index (κ1) is 14.3. The van der Waals surface area contributed by atoms with Gasteiger partial charge >= 0.3 is 0 Å². The maximum atomic E-state index is 11.3. The van der Waals surface area contributed by atoms with Crippen molar-refractivity contribution in [3.05, 3.63) is 60.2 Å². The van der Waals surface area contributed by atoms with Crippen molar-refractivity contribution in [3.63, 3.8) is 0 Å². The average molecular weight is 268 g/mol. The summed E-state index contributed by atoms with van der Waals surface area (Å²) in [4.78, 5) is 11.3. The molecule has 3 heteroatoms. The van der Waals surface area contributed by atoms with E-state index < -0.39 is 0 Å². The highest BCUT2D eigenvalue weighted by molar-refractivity contribution is 5.75. The number of nitrogens with one attached hydrogen (secondary N) is 2. The molecule has 0 radical (unpaired) electrons. The van der Waals surface area contributed by atoms with Crippen LogP contribution >= 0.6 is 0 Å². The number of hydrogen-bond donors (Lipinski definition) is 2. The highest BCUT2D eigenvalue weighted by Gasteiger charge is 2.01. The first-order chi connectivity index (χ1) is 9.79. The number of carbonyl (C=O) groups excluding carboxylic acids is 1. The topological polar surface area (TPSA) is 41.1 Å². The third-order valence-electron chi connectivity index (χ3n) is 3.19. The van der Waals surface area contributed by atoms with Crippen molar-refractivity contribution >= 4 is 5.91 Å². The van der Waals surface area contributed by atoms with E-state index in [-0.39, 0.29) is 5.91 Å². The van der Waals surface area contributed by atoms with Gasteiger partial charge in [-0.25, -0.2) is 5.43 Å². The summed E-state index contributed by atoms with van der Waals surface area (Å²) in [5, 5.41) is 0. The van der Waals surface area contributed by atoms with Crippen molar-refractivity contribution in [2.75, 3.05) is 7.05 Å². The summed E-state index contributed by atoms with van der Waals surface area (Å²) in [6.45, 7) is 0. The Morgan fingerprint density at radius 2 is 1.60 bits per heavy atom. The number of rotatable bonds is 6. The zero-order valence-corrected chi connectivity index (χ0v) is 11.7. The van der Waals surface area contributed by atoms with Crippen molar-refractivity contribution in [3.8, 4) is 11.1 Å². The van der Waals surface area contributed by atoms with Gasteiger partial charge in [0.2, 0.25) is 5.91 Å². The van der Waals surface area contributed by atoms with Gasteiger partial charge in [-0.05, 0) is 29.5 Å². The molecule has 20 heavy (non-hydrogen) atoms. The van der Waals surface area contributed by atoms with Gasteiger partial charge in [0.05, 0.1) is 0 Å². The van der Waals surface area contributed by atoms with Crippen molar-refractivity contribution in [1.82, 2.24) is 10.9 Å². The Labute approximate surface area is 120 Å². The molecule has 2 N–H and O–H groups in total. The molecular weight excluding hydrogens is 248 g/mol. The molecule has 0 unspecified atom stereocenters. The summed E-state index contributed by atoms with van der Waals surface area (Å²) in [5.74, 6) is 0.0356. The van der Waals surface area contributed by atoms with Crippen LogP contribution in [-0.2, 0) is 11.2 Å². The minimum absolute atomic E-state index is 0.0356. The van der Waals surface area contributed by atoms with E-state index in [4.69, 9.17) is 0 Å². The van der Waals surface area contributed by atoms with Crippen LogP contribution < -0.4 is 10.9 Å². The van der Waals surface area contributed by atoms with E-state index in [1.54, 1.807) is 7.05 Å². The molecule has 0 heterocycles. The fourth-order valence-electron chi connectivity index (χ4n) is 2.15. The molecule has 2 rings (SSSR count). The lowest BCUT2D eigenvalue weighted by Gasteiger charge is -2.05. The molecule has 0 aliphatic rings. The van der Waals surface area contributed by atoms with Crippen molar-refractivity contribution in [1.29, 1.82) is 0 Å². The van der Waals surface area contributed by atoms with Gasteiger partial charge < -0.3 is 0 Å². The number of hydrogen-bond acceptors (Lipinski definition) is 2. The molecule has 1 amide bonds. The summed E-state index contributed by atoms with van der Waals surface area (Å²) in [7, 11) is 1.69. The Morgan fingerprint density at radius 3 is 2.25 bits per heavy atom. The van der Waals surface area contributed by atoms with Crippen molar-refractivity contribution in [2.24, 2.45) is 0 Å². The Bertz CT molecular complexity index is 535. The molecule has 0 aliphatic carbocycles. The van der Waals surface area contributed by atoms with Gasteiger partial charge in [-0.1, -0.05) is 54.6 Å². The summed E-state index contributed by atoms with van der Waals surface area (Å²) in [6.07, 6.45) is 2.33. The van der Waals surface area contributed by atoms with E-state index in [1.165, 1.54) is 16.7 Å². The van der Waals surface area contributed by atoms with E-state index >= 15 is 0 Å². The van der Waals surface area contributed by atoms with Crippen molar-refractivity contribution < 1.29 is 4.79 Å². The van der Waals surface area contributed by atoms with Crippen LogP contribution in [0.25, 0.3) is 11.1 Å². The van der Waals surface area contributed by atoms with Gasteiger partial charge in [0.25, 0.3) is 0 Å². The molecule has 0 aliphatic heterocycles. The zero-order chi connectivity index (χ0) is 14.2. The van der Waals surface area contributed by atoms with Gasteiger partial charge in [0.15, 0.2) is 0 Å². The molecular formula is C17H20N2O. The Hall–Kier alpha value is -2.13. The largest absolute Gasteiger partial charge is 0.292 e. The fraction of sp³-hybridized carbons (Fsp3) is 0.235. The predicted octanol–water partition coefficient (Wildman–Crippen LogP) is 2.93. The molecule has 0 aromatic heterocycles. The van der Waals surface area contributed by atoms with Gasteiger partial charge in [-0.15, -0.1) is 0 Å². The molecule has 2 aromatic rings. The van der Waals surface area contributed by atoms with Crippen LogP contribution in [-0.4, -0.2) is 13.0 Å². The first-order valence-electron chi connectivity index (χ1n) is 6.89. The van der Waals surface area contributed by atoms with E-state index in [2.05, 4.69) is 47.2 Å². The highest BCUT2D eigenvalue weighted by atomic mass is 16.2. The van der Waals surface area contributed by atoms with E-state index in [0.717, 1.165) is 12.8 Å². The third kappa shape index (κ3) is 4.21. The summed E-state index contributed by atoms with van der Waals surface area (Å²) >= 11 is 0. The van der Waals surface area contributed by atoms with Crippen LogP contribution in [0.2, 0.25) is 0 Å². The van der Waals surface area contributed by atoms with E-state index in [9.17, 15) is 4.79 Å². The lowest BCUT2D eigenvalue weighted by atomic mass is 10.0. The minimum Gasteiger partial charge on any atom is -0.292 e. The first-order valence-corrected chi connectivity index (χ1v) is 6.89. The Morgan fingerprint density at radius 1 is 0.950 bits per heavy atom. The molecule has 2 aromatic carbocycles. The monoisotopic (exact) mass is 268 g/mol. The molecule has 104 valence electrons.